The highest BCUT2D eigenvalue weighted by Crippen LogP contribution is 2.37. The third-order valence-electron chi connectivity index (χ3n) is 4.86. The molecule has 0 unspecified atom stereocenters. The van der Waals surface area contributed by atoms with Gasteiger partial charge in [0.15, 0.2) is 0 Å². The summed E-state index contributed by atoms with van der Waals surface area (Å²) < 4.78 is 27.7. The lowest BCUT2D eigenvalue weighted by Gasteiger charge is -2.24. The summed E-state index contributed by atoms with van der Waals surface area (Å²) in [7, 11) is -3.70. The Hall–Kier alpha value is -2.05. The molecule has 3 rings (SSSR count). The van der Waals surface area contributed by atoms with Gasteiger partial charge in [0.1, 0.15) is 0 Å². The van der Waals surface area contributed by atoms with Crippen molar-refractivity contribution < 1.29 is 13.2 Å². The molecule has 0 radical (unpaired) electrons. The largest absolute Gasteiger partial charge is 0.350 e. The third kappa shape index (κ3) is 3.82. The van der Waals surface area contributed by atoms with Crippen LogP contribution < -0.4 is 9.62 Å². The van der Waals surface area contributed by atoms with E-state index in [1.807, 2.05) is 20.8 Å². The molecule has 7 heteroatoms. The first-order chi connectivity index (χ1) is 12.7. The van der Waals surface area contributed by atoms with Gasteiger partial charge in [0.2, 0.25) is 0 Å². The highest BCUT2D eigenvalue weighted by atomic mass is 35.5. The zero-order valence-electron chi connectivity index (χ0n) is 15.6. The maximum atomic E-state index is 13.1. The molecule has 0 saturated heterocycles. The highest BCUT2D eigenvalue weighted by molar-refractivity contribution is 7.92. The van der Waals surface area contributed by atoms with Gasteiger partial charge in [-0.15, -0.1) is 0 Å². The van der Waals surface area contributed by atoms with Crippen LogP contribution in [-0.2, 0) is 16.4 Å². The number of carbonyl (C=O) groups is 1. The number of amides is 1. The van der Waals surface area contributed by atoms with Crippen molar-refractivity contribution in [1.82, 2.24) is 5.32 Å². The molecule has 1 aliphatic rings. The van der Waals surface area contributed by atoms with Crippen LogP contribution in [0.15, 0.2) is 47.4 Å². The SMILES string of the molecule is CC[C@@H](C)NC(=O)c1ccc2c(c1)C[C@@H](C)N2S(=O)(=O)c1ccc(Cl)cc1. The predicted octanol–water partition coefficient (Wildman–Crippen LogP) is 4.01. The summed E-state index contributed by atoms with van der Waals surface area (Å²) >= 11 is 5.88. The molecule has 27 heavy (non-hydrogen) atoms. The molecule has 1 heterocycles. The lowest BCUT2D eigenvalue weighted by Crippen LogP contribution is -2.35. The van der Waals surface area contributed by atoms with Crippen LogP contribution in [0.4, 0.5) is 5.69 Å². The Morgan fingerprint density at radius 2 is 1.93 bits per heavy atom. The van der Waals surface area contributed by atoms with E-state index in [-0.39, 0.29) is 22.9 Å². The minimum absolute atomic E-state index is 0.0893. The summed E-state index contributed by atoms with van der Waals surface area (Å²) in [5.41, 5.74) is 2.03. The maximum Gasteiger partial charge on any atom is 0.264 e. The van der Waals surface area contributed by atoms with E-state index in [1.54, 1.807) is 30.3 Å². The quantitative estimate of drug-likeness (QED) is 0.815. The number of carbonyl (C=O) groups excluding carboxylic acids is 1. The van der Waals surface area contributed by atoms with Crippen molar-refractivity contribution in [2.45, 2.75) is 50.6 Å². The fraction of sp³-hybridized carbons (Fsp3) is 0.350. The number of sulfonamides is 1. The summed E-state index contributed by atoms with van der Waals surface area (Å²) in [5.74, 6) is -0.140. The number of benzene rings is 2. The van der Waals surface area contributed by atoms with Crippen LogP contribution in [0.1, 0.15) is 43.1 Å². The number of hydrogen-bond acceptors (Lipinski definition) is 3. The number of nitrogens with one attached hydrogen (secondary N) is 1. The average Bonchev–Trinajstić information content (AvgIpc) is 2.97. The van der Waals surface area contributed by atoms with Gasteiger partial charge >= 0.3 is 0 Å². The summed E-state index contributed by atoms with van der Waals surface area (Å²) in [6.07, 6.45) is 1.41. The van der Waals surface area contributed by atoms with E-state index in [9.17, 15) is 13.2 Å². The van der Waals surface area contributed by atoms with Crippen LogP contribution in [0.3, 0.4) is 0 Å². The van der Waals surface area contributed by atoms with Crippen molar-refractivity contribution >= 4 is 33.2 Å². The molecule has 0 fully saturated rings. The van der Waals surface area contributed by atoms with Gasteiger partial charge in [-0.2, -0.15) is 0 Å². The van der Waals surface area contributed by atoms with Crippen molar-refractivity contribution in [3.8, 4) is 0 Å². The summed E-state index contributed by atoms with van der Waals surface area (Å²) in [6, 6.07) is 11.2. The van der Waals surface area contributed by atoms with Crippen LogP contribution in [0.25, 0.3) is 0 Å². The second-order valence-corrected chi connectivity index (χ2v) is 9.19. The lowest BCUT2D eigenvalue weighted by atomic mass is 10.1. The molecule has 0 saturated carbocycles. The lowest BCUT2D eigenvalue weighted by molar-refractivity contribution is 0.0939. The Morgan fingerprint density at radius 3 is 2.56 bits per heavy atom. The standard InChI is InChI=1S/C20H23ClN2O3S/c1-4-13(2)22-20(24)15-5-10-19-16(12-15)11-14(3)23(19)27(25,26)18-8-6-17(21)7-9-18/h5-10,12-14H,4,11H2,1-3H3,(H,22,24)/t13-,14-/m1/s1. The van der Waals surface area contributed by atoms with Crippen LogP contribution in [0, 0.1) is 0 Å². The summed E-state index contributed by atoms with van der Waals surface area (Å²) in [4.78, 5) is 12.6. The molecule has 144 valence electrons. The molecule has 0 bridgehead atoms. The number of hydrogen-bond donors (Lipinski definition) is 1. The van der Waals surface area contributed by atoms with Crippen LogP contribution >= 0.6 is 11.6 Å². The fourth-order valence-electron chi connectivity index (χ4n) is 3.24. The molecule has 0 aliphatic carbocycles. The van der Waals surface area contributed by atoms with Gasteiger partial charge in [0, 0.05) is 22.7 Å². The number of rotatable bonds is 5. The second-order valence-electron chi connectivity index (χ2n) is 6.93. The van der Waals surface area contributed by atoms with Crippen LogP contribution in [0.5, 0.6) is 0 Å². The van der Waals surface area contributed by atoms with Gasteiger partial charge < -0.3 is 5.32 Å². The van der Waals surface area contributed by atoms with Crippen molar-refractivity contribution in [3.05, 3.63) is 58.6 Å². The zero-order chi connectivity index (χ0) is 19.8. The van der Waals surface area contributed by atoms with Crippen molar-refractivity contribution in [3.63, 3.8) is 0 Å². The minimum Gasteiger partial charge on any atom is -0.350 e. The van der Waals surface area contributed by atoms with Gasteiger partial charge in [-0.05, 0) is 74.7 Å². The van der Waals surface area contributed by atoms with E-state index < -0.39 is 10.0 Å². The maximum absolute atomic E-state index is 13.1. The van der Waals surface area contributed by atoms with Gasteiger partial charge in [-0.3, -0.25) is 9.10 Å². The van der Waals surface area contributed by atoms with Gasteiger partial charge in [-0.25, -0.2) is 8.42 Å². The third-order valence-corrected chi connectivity index (χ3v) is 7.05. The molecule has 0 aromatic heterocycles. The molecule has 2 atom stereocenters. The van der Waals surface area contributed by atoms with E-state index in [2.05, 4.69) is 5.32 Å². The van der Waals surface area contributed by atoms with Crippen LogP contribution in [0.2, 0.25) is 5.02 Å². The fourth-order valence-corrected chi connectivity index (χ4v) is 5.06. The molecular formula is C20H23ClN2O3S. The van der Waals surface area contributed by atoms with E-state index in [4.69, 9.17) is 11.6 Å². The smallest absolute Gasteiger partial charge is 0.264 e. The normalized spacial score (nSPS) is 17.5. The zero-order valence-corrected chi connectivity index (χ0v) is 17.1. The monoisotopic (exact) mass is 406 g/mol. The van der Waals surface area contributed by atoms with Crippen LogP contribution in [-0.4, -0.2) is 26.4 Å². The molecule has 1 amide bonds. The Balaban J connectivity index is 1.94. The first-order valence-electron chi connectivity index (χ1n) is 8.97. The molecule has 0 spiro atoms. The second kappa shape index (κ2) is 7.52. The van der Waals surface area contributed by atoms with E-state index >= 15 is 0 Å². The van der Waals surface area contributed by atoms with E-state index in [0.717, 1.165) is 12.0 Å². The molecule has 1 N–H and O–H groups in total. The predicted molar refractivity (Wildman–Crippen MR) is 108 cm³/mol. The van der Waals surface area contributed by atoms with E-state index in [0.29, 0.717) is 22.7 Å². The number of nitrogens with zero attached hydrogens (tertiary/aromatic N) is 1. The Bertz CT molecular complexity index is 958. The van der Waals surface area contributed by atoms with Gasteiger partial charge in [0.05, 0.1) is 10.6 Å². The highest BCUT2D eigenvalue weighted by Gasteiger charge is 2.36. The summed E-state index contributed by atoms with van der Waals surface area (Å²) in [6.45, 7) is 5.83. The molecule has 2 aromatic carbocycles. The summed E-state index contributed by atoms with van der Waals surface area (Å²) in [5, 5.41) is 3.42. The van der Waals surface area contributed by atoms with Crippen molar-refractivity contribution in [2.24, 2.45) is 0 Å². The first kappa shape index (κ1) is 19.7. The Morgan fingerprint density at radius 1 is 1.26 bits per heavy atom. The van der Waals surface area contributed by atoms with Crippen molar-refractivity contribution in [2.75, 3.05) is 4.31 Å². The number of anilines is 1. The average molecular weight is 407 g/mol. The molecule has 1 aliphatic heterocycles. The topological polar surface area (TPSA) is 66.5 Å². The Kier molecular flexibility index (Phi) is 5.49. The molecular weight excluding hydrogens is 384 g/mol. The van der Waals surface area contributed by atoms with E-state index in [1.165, 1.54) is 16.4 Å². The number of fused-ring (bicyclic) bond motifs is 1. The molecule has 5 nitrogen and oxygen atoms in total. The van der Waals surface area contributed by atoms with Gasteiger partial charge in [0.25, 0.3) is 15.9 Å². The molecule has 2 aromatic rings. The van der Waals surface area contributed by atoms with Crippen molar-refractivity contribution in [1.29, 1.82) is 0 Å². The first-order valence-corrected chi connectivity index (χ1v) is 10.8. The minimum atomic E-state index is -3.70. The number of halogens is 1. The van der Waals surface area contributed by atoms with Gasteiger partial charge in [-0.1, -0.05) is 18.5 Å². The Labute approximate surface area is 165 Å².